The van der Waals surface area contributed by atoms with E-state index in [-0.39, 0.29) is 20.3 Å². The summed E-state index contributed by atoms with van der Waals surface area (Å²) in [4.78, 5) is 13.1. The zero-order valence-corrected chi connectivity index (χ0v) is 11.4. The van der Waals surface area contributed by atoms with Crippen LogP contribution >= 0.6 is 12.6 Å². The third kappa shape index (κ3) is 1.89. The second-order valence-electron chi connectivity index (χ2n) is 3.70. The third-order valence-electron chi connectivity index (χ3n) is 2.58. The van der Waals surface area contributed by atoms with E-state index in [2.05, 4.69) is 12.6 Å². The van der Waals surface area contributed by atoms with Crippen molar-refractivity contribution in [1.82, 2.24) is 3.56 Å². The van der Waals surface area contributed by atoms with Crippen LogP contribution in [0.25, 0.3) is 15.3 Å². The first-order valence-electron chi connectivity index (χ1n) is 5.16. The second kappa shape index (κ2) is 4.22. The van der Waals surface area contributed by atoms with Crippen molar-refractivity contribution >= 4 is 37.0 Å². The van der Waals surface area contributed by atoms with Gasteiger partial charge in [-0.3, -0.25) is 0 Å². The van der Waals surface area contributed by atoms with Crippen LogP contribution in [0.2, 0.25) is 0 Å². The zero-order valence-electron chi connectivity index (χ0n) is 8.83. The maximum absolute atomic E-state index is 12.2. The summed E-state index contributed by atoms with van der Waals surface area (Å²) in [5.41, 5.74) is 1.05. The Balaban J connectivity index is 2.27. The van der Waals surface area contributed by atoms with Crippen LogP contribution in [-0.2, 0) is 0 Å². The van der Waals surface area contributed by atoms with E-state index in [4.69, 9.17) is 0 Å². The molecule has 0 aliphatic rings. The topological polar surface area (TPSA) is 22.0 Å². The van der Waals surface area contributed by atoms with Gasteiger partial charge in [0.2, 0.25) is 0 Å². The van der Waals surface area contributed by atoms with Gasteiger partial charge >= 0.3 is 110 Å². The van der Waals surface area contributed by atoms with Gasteiger partial charge in [-0.05, 0) is 0 Å². The van der Waals surface area contributed by atoms with Crippen LogP contribution < -0.4 is 5.56 Å². The molecule has 84 valence electrons. The van der Waals surface area contributed by atoms with Gasteiger partial charge in [-0.1, -0.05) is 0 Å². The molecule has 3 rings (SSSR count). The summed E-state index contributed by atoms with van der Waals surface area (Å²) >= 11 is 4.30. The Kier molecular flexibility index (Phi) is 2.71. The molecule has 0 N–H and O–H groups in total. The Labute approximate surface area is 110 Å². The maximum atomic E-state index is 12.2. The number of rotatable bonds is 1. The molecule has 0 amide bonds. The number of hydrogen-bond donors (Lipinski definition) is 1. The van der Waals surface area contributed by atoms with Crippen molar-refractivity contribution in [2.24, 2.45) is 0 Å². The van der Waals surface area contributed by atoms with Crippen LogP contribution in [0.1, 0.15) is 0 Å². The molecule has 0 spiro atoms. The normalized spacial score (nSPS) is 10.9. The first kappa shape index (κ1) is 10.9. The van der Waals surface area contributed by atoms with Crippen molar-refractivity contribution in [2.75, 3.05) is 0 Å². The summed E-state index contributed by atoms with van der Waals surface area (Å²) in [5.74, 6) is 0. The molecule has 0 bridgehead atoms. The number of aromatic nitrogens is 1. The first-order chi connectivity index (χ1) is 8.25. The van der Waals surface area contributed by atoms with Crippen molar-refractivity contribution in [3.8, 4) is 5.69 Å². The fraction of sp³-hybridized carbons (Fsp3) is 0. The van der Waals surface area contributed by atoms with Crippen molar-refractivity contribution in [3.05, 3.63) is 58.9 Å². The molecule has 0 saturated carbocycles. The van der Waals surface area contributed by atoms with Gasteiger partial charge in [-0.15, -0.1) is 0 Å². The molecular weight excluding hydrogens is 297 g/mol. The van der Waals surface area contributed by atoms with E-state index in [1.165, 1.54) is 0 Å². The number of fused-ring (bicyclic) bond motifs is 1. The van der Waals surface area contributed by atoms with Crippen molar-refractivity contribution in [1.29, 1.82) is 0 Å². The van der Waals surface area contributed by atoms with Gasteiger partial charge in [-0.25, -0.2) is 0 Å². The standard InChI is InChI=1S/C13H9NOSSe/c15-13-11-3-1-2-4-12(11)17-14(13)9-5-7-10(16)8-6-9/h1-8,16H. The fourth-order valence-electron chi connectivity index (χ4n) is 1.73. The van der Waals surface area contributed by atoms with Crippen molar-refractivity contribution in [3.63, 3.8) is 0 Å². The van der Waals surface area contributed by atoms with Gasteiger partial charge in [0.25, 0.3) is 0 Å². The Bertz CT molecular complexity index is 727. The van der Waals surface area contributed by atoms with Crippen molar-refractivity contribution in [2.45, 2.75) is 4.90 Å². The monoisotopic (exact) mass is 307 g/mol. The molecule has 0 radical (unpaired) electrons. The van der Waals surface area contributed by atoms with Crippen molar-refractivity contribution < 1.29 is 0 Å². The molecule has 0 aliphatic carbocycles. The summed E-state index contributed by atoms with van der Waals surface area (Å²) in [5, 5.41) is 0.836. The van der Waals surface area contributed by atoms with E-state index in [0.29, 0.717) is 0 Å². The van der Waals surface area contributed by atoms with Gasteiger partial charge in [0.1, 0.15) is 0 Å². The molecule has 1 heterocycles. The molecule has 0 unspecified atom stereocenters. The van der Waals surface area contributed by atoms with E-state index in [9.17, 15) is 4.79 Å². The van der Waals surface area contributed by atoms with E-state index >= 15 is 0 Å². The number of nitrogens with zero attached hydrogens (tertiary/aromatic N) is 1. The molecule has 0 aliphatic heterocycles. The molecule has 2 nitrogen and oxygen atoms in total. The van der Waals surface area contributed by atoms with Gasteiger partial charge in [0, 0.05) is 0 Å². The summed E-state index contributed by atoms with van der Waals surface area (Å²) in [7, 11) is 0. The first-order valence-corrected chi connectivity index (χ1v) is 7.23. The predicted octanol–water partition coefficient (Wildman–Crippen LogP) is 2.34. The quantitative estimate of drug-likeness (QED) is 0.541. The Morgan fingerprint density at radius 2 is 1.71 bits per heavy atom. The summed E-state index contributed by atoms with van der Waals surface area (Å²) in [6.07, 6.45) is 0. The molecule has 0 saturated heterocycles. The summed E-state index contributed by atoms with van der Waals surface area (Å²) in [6.45, 7) is 0. The van der Waals surface area contributed by atoms with Crippen LogP contribution in [-0.4, -0.2) is 18.3 Å². The minimum atomic E-state index is 0.0474. The van der Waals surface area contributed by atoms with E-state index in [1.54, 1.807) is 0 Å². The summed E-state index contributed by atoms with van der Waals surface area (Å²) < 4.78 is 3.00. The SMILES string of the molecule is O=c1c2ccccc2[se]n1-c1ccc(S)cc1. The fourth-order valence-corrected chi connectivity index (χ4v) is 3.97. The number of benzene rings is 2. The van der Waals surface area contributed by atoms with E-state index < -0.39 is 0 Å². The van der Waals surface area contributed by atoms with Crippen LogP contribution in [0.3, 0.4) is 0 Å². The van der Waals surface area contributed by atoms with Crippen LogP contribution in [0.5, 0.6) is 0 Å². The average molecular weight is 306 g/mol. The van der Waals surface area contributed by atoms with Crippen LogP contribution in [0, 0.1) is 0 Å². The van der Waals surface area contributed by atoms with Gasteiger partial charge < -0.3 is 0 Å². The molecule has 2 aromatic carbocycles. The van der Waals surface area contributed by atoms with E-state index in [1.807, 2.05) is 52.1 Å². The van der Waals surface area contributed by atoms with Crippen LogP contribution in [0.4, 0.5) is 0 Å². The van der Waals surface area contributed by atoms with E-state index in [0.717, 1.165) is 20.2 Å². The average Bonchev–Trinajstić information content (AvgIpc) is 2.69. The molecule has 0 atom stereocenters. The Morgan fingerprint density at radius 3 is 2.41 bits per heavy atom. The molecule has 3 aromatic rings. The van der Waals surface area contributed by atoms with Gasteiger partial charge in [0.15, 0.2) is 0 Å². The Morgan fingerprint density at radius 1 is 1.00 bits per heavy atom. The molecule has 17 heavy (non-hydrogen) atoms. The molecule has 0 fully saturated rings. The number of hydrogen-bond acceptors (Lipinski definition) is 2. The molecule has 1 aromatic heterocycles. The van der Waals surface area contributed by atoms with Gasteiger partial charge in [0.05, 0.1) is 0 Å². The predicted molar refractivity (Wildman–Crippen MR) is 73.7 cm³/mol. The summed E-state index contributed by atoms with van der Waals surface area (Å²) in [6, 6.07) is 15.5. The number of thiol groups is 1. The second-order valence-corrected chi connectivity index (χ2v) is 6.29. The third-order valence-corrected chi connectivity index (χ3v) is 5.21. The van der Waals surface area contributed by atoms with Gasteiger partial charge in [-0.2, -0.15) is 0 Å². The zero-order chi connectivity index (χ0) is 11.8. The van der Waals surface area contributed by atoms with Crippen LogP contribution in [0.15, 0.2) is 58.2 Å². The molecule has 4 heteroatoms. The molecular formula is C13H9NOSSe. The minimum absolute atomic E-state index is 0.0474. The Hall–Kier alpha value is -1.22.